The molecule has 3 aromatic carbocycles. The second-order valence-corrected chi connectivity index (χ2v) is 7.04. The summed E-state index contributed by atoms with van der Waals surface area (Å²) < 4.78 is 75.5. The molecule has 0 saturated heterocycles. The van der Waals surface area contributed by atoms with E-state index >= 15 is 0 Å². The van der Waals surface area contributed by atoms with Gasteiger partial charge in [-0.05, 0) is 36.6 Å². The maximum atomic E-state index is 14.6. The third kappa shape index (κ3) is 4.48. The van der Waals surface area contributed by atoms with Crippen molar-refractivity contribution in [1.82, 2.24) is 0 Å². The number of ether oxygens (including phenoxy) is 1. The fourth-order valence-corrected chi connectivity index (χ4v) is 3.28. The molecule has 0 heterocycles. The van der Waals surface area contributed by atoms with Gasteiger partial charge >= 0.3 is 0 Å². The summed E-state index contributed by atoms with van der Waals surface area (Å²) in [7, 11) is 0. The Labute approximate surface area is 172 Å². The average Bonchev–Trinajstić information content (AvgIpc) is 2.71. The van der Waals surface area contributed by atoms with Crippen LogP contribution in [0.4, 0.5) is 22.0 Å². The van der Waals surface area contributed by atoms with E-state index in [9.17, 15) is 22.0 Å². The van der Waals surface area contributed by atoms with Crippen LogP contribution in [-0.2, 0) is 13.0 Å². The topological polar surface area (TPSA) is 9.23 Å². The van der Waals surface area contributed by atoms with Gasteiger partial charge in [-0.3, -0.25) is 0 Å². The second kappa shape index (κ2) is 9.28. The van der Waals surface area contributed by atoms with Crippen LogP contribution in [0, 0.1) is 24.4 Å². The smallest absolute Gasteiger partial charge is 0.266 e. The van der Waals surface area contributed by atoms with Crippen molar-refractivity contribution in [3.8, 4) is 16.9 Å². The molecule has 0 fully saturated rings. The summed E-state index contributed by atoms with van der Waals surface area (Å²) in [6.07, 6.45) is -1.11. The lowest BCUT2D eigenvalue weighted by Crippen LogP contribution is -2.04. The summed E-state index contributed by atoms with van der Waals surface area (Å²) in [4.78, 5) is 0. The van der Waals surface area contributed by atoms with E-state index in [0.717, 1.165) is 18.4 Å². The van der Waals surface area contributed by atoms with Crippen LogP contribution >= 0.6 is 0 Å². The molecule has 3 aromatic rings. The van der Waals surface area contributed by atoms with Gasteiger partial charge in [0, 0.05) is 16.7 Å². The molecule has 0 N–H and O–H groups in total. The van der Waals surface area contributed by atoms with Crippen LogP contribution < -0.4 is 4.74 Å². The number of aryl methyl sites for hydroxylation is 2. The van der Waals surface area contributed by atoms with Gasteiger partial charge in [0.2, 0.25) is 0 Å². The first-order chi connectivity index (χ1) is 14.3. The normalized spacial score (nSPS) is 11.2. The van der Waals surface area contributed by atoms with E-state index < -0.39 is 40.6 Å². The summed E-state index contributed by atoms with van der Waals surface area (Å²) in [6.45, 7) is 3.18. The molecular formula is C24H21F5O. The monoisotopic (exact) mass is 420 g/mol. The Kier molecular flexibility index (Phi) is 6.75. The van der Waals surface area contributed by atoms with E-state index in [4.69, 9.17) is 4.74 Å². The lowest BCUT2D eigenvalue weighted by molar-refractivity contribution is 0.145. The molecule has 1 nitrogen and oxygen atoms in total. The highest BCUT2D eigenvalue weighted by Gasteiger charge is 2.23. The second-order valence-electron chi connectivity index (χ2n) is 7.04. The number of rotatable bonds is 7. The van der Waals surface area contributed by atoms with Crippen LogP contribution in [-0.4, -0.2) is 0 Å². The standard InChI is InChI=1S/C24H21F5O/c1-3-4-15-6-9-17(10-7-15)30-13-16-8-12-19(23(27)21(16)25)18-11-5-14(2)20(22(18)26)24(28)29/h5-12,24H,3-4,13H2,1-2H3. The fourth-order valence-electron chi connectivity index (χ4n) is 3.28. The van der Waals surface area contributed by atoms with Crippen molar-refractivity contribution in [3.05, 3.63) is 88.2 Å². The Hall–Kier alpha value is -2.89. The number of hydrogen-bond acceptors (Lipinski definition) is 1. The SMILES string of the molecule is CCCc1ccc(OCc2ccc(-c3ccc(C)c(C(F)F)c3F)c(F)c2F)cc1. The maximum Gasteiger partial charge on any atom is 0.266 e. The van der Waals surface area contributed by atoms with Gasteiger partial charge in [0.15, 0.2) is 11.6 Å². The van der Waals surface area contributed by atoms with Gasteiger partial charge in [-0.25, -0.2) is 22.0 Å². The quantitative estimate of drug-likeness (QED) is 0.359. The van der Waals surface area contributed by atoms with Gasteiger partial charge in [0.25, 0.3) is 6.43 Å². The van der Waals surface area contributed by atoms with Gasteiger partial charge in [-0.1, -0.05) is 49.7 Å². The summed E-state index contributed by atoms with van der Waals surface area (Å²) in [5, 5.41) is 0. The molecule has 158 valence electrons. The summed E-state index contributed by atoms with van der Waals surface area (Å²) in [5.74, 6) is -3.25. The van der Waals surface area contributed by atoms with Gasteiger partial charge in [0.05, 0.1) is 5.56 Å². The number of hydrogen-bond donors (Lipinski definition) is 0. The summed E-state index contributed by atoms with van der Waals surface area (Å²) >= 11 is 0. The van der Waals surface area contributed by atoms with Gasteiger partial charge in [-0.2, -0.15) is 0 Å². The summed E-state index contributed by atoms with van der Waals surface area (Å²) in [6, 6.07) is 12.2. The van der Waals surface area contributed by atoms with Crippen molar-refractivity contribution in [3.63, 3.8) is 0 Å². The Morgan fingerprint density at radius 1 is 0.800 bits per heavy atom. The minimum Gasteiger partial charge on any atom is -0.489 e. The van der Waals surface area contributed by atoms with Crippen LogP contribution in [0.2, 0.25) is 0 Å². The van der Waals surface area contributed by atoms with Crippen molar-refractivity contribution in [2.24, 2.45) is 0 Å². The first-order valence-electron chi connectivity index (χ1n) is 9.59. The molecule has 3 rings (SSSR count). The number of halogens is 5. The zero-order valence-corrected chi connectivity index (χ0v) is 16.6. The van der Waals surface area contributed by atoms with Crippen molar-refractivity contribution in [1.29, 1.82) is 0 Å². The Morgan fingerprint density at radius 2 is 1.43 bits per heavy atom. The molecule has 0 aliphatic heterocycles. The Morgan fingerprint density at radius 3 is 2.07 bits per heavy atom. The number of alkyl halides is 2. The molecule has 0 amide bonds. The van der Waals surface area contributed by atoms with Crippen molar-refractivity contribution in [2.45, 2.75) is 39.7 Å². The van der Waals surface area contributed by atoms with Gasteiger partial charge in [-0.15, -0.1) is 0 Å². The van der Waals surface area contributed by atoms with Crippen LogP contribution in [0.5, 0.6) is 5.75 Å². The zero-order valence-electron chi connectivity index (χ0n) is 16.6. The molecule has 0 aliphatic carbocycles. The van der Waals surface area contributed by atoms with Gasteiger partial charge in [0.1, 0.15) is 18.2 Å². The third-order valence-electron chi connectivity index (χ3n) is 4.92. The predicted octanol–water partition coefficient (Wildman–Crippen LogP) is 7.55. The van der Waals surface area contributed by atoms with E-state index in [1.54, 1.807) is 12.1 Å². The Balaban J connectivity index is 1.85. The molecule has 0 aromatic heterocycles. The van der Waals surface area contributed by atoms with Crippen LogP contribution in [0.1, 0.15) is 42.0 Å². The van der Waals surface area contributed by atoms with E-state index in [1.165, 1.54) is 31.2 Å². The van der Waals surface area contributed by atoms with E-state index in [1.807, 2.05) is 12.1 Å². The third-order valence-corrected chi connectivity index (χ3v) is 4.92. The van der Waals surface area contributed by atoms with Crippen LogP contribution in [0.15, 0.2) is 48.5 Å². The van der Waals surface area contributed by atoms with Crippen LogP contribution in [0.3, 0.4) is 0 Å². The molecule has 0 aliphatic rings. The maximum absolute atomic E-state index is 14.6. The first-order valence-corrected chi connectivity index (χ1v) is 9.59. The highest BCUT2D eigenvalue weighted by atomic mass is 19.3. The van der Waals surface area contributed by atoms with E-state index in [-0.39, 0.29) is 17.7 Å². The van der Waals surface area contributed by atoms with E-state index in [2.05, 4.69) is 6.92 Å². The molecule has 0 bridgehead atoms. The average molecular weight is 420 g/mol. The molecule has 30 heavy (non-hydrogen) atoms. The Bertz CT molecular complexity index is 1030. The zero-order chi connectivity index (χ0) is 21.8. The van der Waals surface area contributed by atoms with Crippen molar-refractivity contribution < 1.29 is 26.7 Å². The highest BCUT2D eigenvalue weighted by Crippen LogP contribution is 2.35. The minimum absolute atomic E-state index is 0.0436. The highest BCUT2D eigenvalue weighted by molar-refractivity contribution is 5.67. The number of benzene rings is 3. The first kappa shape index (κ1) is 21.8. The molecule has 6 heteroatoms. The molecule has 0 radical (unpaired) electrons. The van der Waals surface area contributed by atoms with Gasteiger partial charge < -0.3 is 4.74 Å². The molecule has 0 unspecified atom stereocenters. The van der Waals surface area contributed by atoms with Crippen molar-refractivity contribution in [2.75, 3.05) is 0 Å². The molecule has 0 spiro atoms. The molecular weight excluding hydrogens is 399 g/mol. The lowest BCUT2D eigenvalue weighted by atomic mass is 9.97. The minimum atomic E-state index is -3.06. The van der Waals surface area contributed by atoms with Crippen molar-refractivity contribution >= 4 is 0 Å². The van der Waals surface area contributed by atoms with E-state index in [0.29, 0.717) is 5.75 Å². The molecule has 0 saturated carbocycles. The lowest BCUT2D eigenvalue weighted by Gasteiger charge is -2.14. The van der Waals surface area contributed by atoms with Crippen LogP contribution in [0.25, 0.3) is 11.1 Å². The summed E-state index contributed by atoms with van der Waals surface area (Å²) in [5.41, 5.74) is -0.510. The molecule has 0 atom stereocenters. The largest absolute Gasteiger partial charge is 0.489 e. The fraction of sp³-hybridized carbons (Fsp3) is 0.250. The predicted molar refractivity (Wildman–Crippen MR) is 106 cm³/mol.